The molecule has 0 fully saturated rings. The molecule has 0 saturated carbocycles. The maximum absolute atomic E-state index is 12.4. The minimum atomic E-state index is -0.446. The number of hydrogen-bond donors (Lipinski definition) is 2. The van der Waals surface area contributed by atoms with Crippen LogP contribution in [0.25, 0.3) is 0 Å². The first kappa shape index (κ1) is 18.5. The number of rotatable bonds is 7. The molecule has 2 aromatic rings. The number of nitriles is 1. The highest BCUT2D eigenvalue weighted by molar-refractivity contribution is 8.00. The molecule has 1 aromatic heterocycles. The molecular weight excluding hydrogens is 340 g/mol. The smallest absolute Gasteiger partial charge is 0.237 e. The van der Waals surface area contributed by atoms with E-state index in [1.165, 1.54) is 11.8 Å². The standard InChI is InChI=1S/C16H18N6O2S/c1-10(15(24)19-12-6-4-3-5-11(12)9-17)25-16-21-20-14(22(16)2)8-7-13(18)23/h3-6,10H,7-8H2,1-2H3,(H2,18,23)(H,19,24)/t10-/m0/s1. The summed E-state index contributed by atoms with van der Waals surface area (Å²) >= 11 is 1.24. The fourth-order valence-electron chi connectivity index (χ4n) is 2.04. The number of aryl methyl sites for hydroxylation is 1. The second-order valence-electron chi connectivity index (χ2n) is 5.33. The summed E-state index contributed by atoms with van der Waals surface area (Å²) in [5.74, 6) is -0.0146. The van der Waals surface area contributed by atoms with Crippen LogP contribution >= 0.6 is 11.8 Å². The van der Waals surface area contributed by atoms with Gasteiger partial charge in [-0.3, -0.25) is 9.59 Å². The van der Waals surface area contributed by atoms with Gasteiger partial charge in [0, 0.05) is 19.9 Å². The Kier molecular flexibility index (Phi) is 6.14. The molecule has 0 aliphatic rings. The van der Waals surface area contributed by atoms with Gasteiger partial charge in [-0.1, -0.05) is 23.9 Å². The van der Waals surface area contributed by atoms with Crippen molar-refractivity contribution in [1.82, 2.24) is 14.8 Å². The highest BCUT2D eigenvalue weighted by Gasteiger charge is 2.19. The summed E-state index contributed by atoms with van der Waals surface area (Å²) in [6, 6.07) is 8.85. The van der Waals surface area contributed by atoms with Crippen LogP contribution in [0.4, 0.5) is 5.69 Å². The lowest BCUT2D eigenvalue weighted by Gasteiger charge is -2.12. The topological polar surface area (TPSA) is 127 Å². The Bertz CT molecular complexity index is 826. The maximum Gasteiger partial charge on any atom is 0.237 e. The van der Waals surface area contributed by atoms with Crippen LogP contribution in [-0.2, 0) is 23.1 Å². The molecule has 1 heterocycles. The van der Waals surface area contributed by atoms with Crippen molar-refractivity contribution in [1.29, 1.82) is 5.26 Å². The van der Waals surface area contributed by atoms with Crippen molar-refractivity contribution in [3.05, 3.63) is 35.7 Å². The normalized spacial score (nSPS) is 11.6. The van der Waals surface area contributed by atoms with E-state index >= 15 is 0 Å². The molecule has 130 valence electrons. The number of hydrogen-bond acceptors (Lipinski definition) is 6. The molecule has 0 radical (unpaired) electrons. The molecule has 2 amide bonds. The van der Waals surface area contributed by atoms with Gasteiger partial charge < -0.3 is 15.6 Å². The van der Waals surface area contributed by atoms with Gasteiger partial charge >= 0.3 is 0 Å². The van der Waals surface area contributed by atoms with Crippen LogP contribution in [0.2, 0.25) is 0 Å². The van der Waals surface area contributed by atoms with Gasteiger partial charge in [0.05, 0.1) is 16.5 Å². The zero-order valence-corrected chi connectivity index (χ0v) is 14.7. The highest BCUT2D eigenvalue weighted by Crippen LogP contribution is 2.23. The molecule has 2 rings (SSSR count). The van der Waals surface area contributed by atoms with Gasteiger partial charge in [0.25, 0.3) is 0 Å². The van der Waals surface area contributed by atoms with Crippen molar-refractivity contribution < 1.29 is 9.59 Å². The molecule has 0 spiro atoms. The number of amides is 2. The molecule has 0 aliphatic carbocycles. The molecule has 1 atom stereocenters. The van der Waals surface area contributed by atoms with Gasteiger partial charge in [-0.2, -0.15) is 5.26 Å². The first-order valence-electron chi connectivity index (χ1n) is 7.55. The molecule has 1 aromatic carbocycles. The van der Waals surface area contributed by atoms with Crippen molar-refractivity contribution >= 4 is 29.3 Å². The van der Waals surface area contributed by atoms with Crippen LogP contribution in [-0.4, -0.2) is 31.8 Å². The first-order valence-corrected chi connectivity index (χ1v) is 8.43. The van der Waals surface area contributed by atoms with Crippen LogP contribution in [0.5, 0.6) is 0 Å². The van der Waals surface area contributed by atoms with E-state index in [0.717, 1.165) is 0 Å². The molecule has 0 saturated heterocycles. The number of para-hydroxylation sites is 1. The van der Waals surface area contributed by atoms with Crippen LogP contribution in [0, 0.1) is 11.3 Å². The predicted molar refractivity (Wildman–Crippen MR) is 93.6 cm³/mol. The van der Waals surface area contributed by atoms with E-state index in [4.69, 9.17) is 11.0 Å². The number of thioether (sulfide) groups is 1. The Morgan fingerprint density at radius 1 is 1.40 bits per heavy atom. The van der Waals surface area contributed by atoms with E-state index in [9.17, 15) is 9.59 Å². The second-order valence-corrected chi connectivity index (χ2v) is 6.64. The molecular formula is C16H18N6O2S. The minimum absolute atomic E-state index is 0.192. The average Bonchev–Trinajstić information content (AvgIpc) is 2.93. The zero-order valence-electron chi connectivity index (χ0n) is 13.9. The zero-order chi connectivity index (χ0) is 18.4. The summed E-state index contributed by atoms with van der Waals surface area (Å²) in [6.45, 7) is 1.74. The van der Waals surface area contributed by atoms with Crippen molar-refractivity contribution in [2.75, 3.05) is 5.32 Å². The Morgan fingerprint density at radius 3 is 2.80 bits per heavy atom. The average molecular weight is 358 g/mol. The third kappa shape index (κ3) is 4.81. The molecule has 0 aliphatic heterocycles. The Hall–Kier alpha value is -2.86. The fraction of sp³-hybridized carbons (Fsp3) is 0.312. The Morgan fingerprint density at radius 2 is 2.12 bits per heavy atom. The predicted octanol–water partition coefficient (Wildman–Crippen LogP) is 1.22. The van der Waals surface area contributed by atoms with Gasteiger partial charge in [0.2, 0.25) is 11.8 Å². The monoisotopic (exact) mass is 358 g/mol. The third-order valence-electron chi connectivity index (χ3n) is 3.48. The third-order valence-corrected chi connectivity index (χ3v) is 4.61. The lowest BCUT2D eigenvalue weighted by Crippen LogP contribution is -2.23. The Balaban J connectivity index is 2.02. The van der Waals surface area contributed by atoms with Crippen LogP contribution in [0.15, 0.2) is 29.4 Å². The fourth-order valence-corrected chi connectivity index (χ4v) is 2.87. The number of carbonyl (C=O) groups excluding carboxylic acids is 2. The number of benzene rings is 1. The van der Waals surface area contributed by atoms with Crippen LogP contribution in [0.1, 0.15) is 24.7 Å². The van der Waals surface area contributed by atoms with Crippen molar-refractivity contribution in [3.63, 3.8) is 0 Å². The quantitative estimate of drug-likeness (QED) is 0.717. The maximum atomic E-state index is 12.4. The molecule has 8 nitrogen and oxygen atoms in total. The summed E-state index contributed by atoms with van der Waals surface area (Å²) < 4.78 is 1.74. The largest absolute Gasteiger partial charge is 0.370 e. The van der Waals surface area contributed by atoms with Crippen LogP contribution in [0.3, 0.4) is 0 Å². The molecule has 0 bridgehead atoms. The molecule has 3 N–H and O–H groups in total. The van der Waals surface area contributed by atoms with Crippen molar-refractivity contribution in [3.8, 4) is 6.07 Å². The van der Waals surface area contributed by atoms with E-state index in [0.29, 0.717) is 28.7 Å². The van der Waals surface area contributed by atoms with E-state index in [1.807, 2.05) is 6.07 Å². The van der Waals surface area contributed by atoms with Gasteiger partial charge in [0.1, 0.15) is 11.9 Å². The summed E-state index contributed by atoms with van der Waals surface area (Å²) in [7, 11) is 1.77. The van der Waals surface area contributed by atoms with E-state index in [1.54, 1.807) is 42.8 Å². The van der Waals surface area contributed by atoms with E-state index < -0.39 is 11.2 Å². The number of primary amides is 1. The molecule has 25 heavy (non-hydrogen) atoms. The van der Waals surface area contributed by atoms with Gasteiger partial charge in [0.15, 0.2) is 5.16 Å². The lowest BCUT2D eigenvalue weighted by atomic mass is 10.2. The number of nitrogens with two attached hydrogens (primary N) is 1. The SMILES string of the molecule is C[C@H](Sc1nnc(CCC(N)=O)n1C)C(=O)Nc1ccccc1C#N. The number of nitrogens with one attached hydrogen (secondary N) is 1. The summed E-state index contributed by atoms with van der Waals surface area (Å²) in [5, 5.41) is 20.0. The Labute approximate surface area is 149 Å². The van der Waals surface area contributed by atoms with E-state index in [-0.39, 0.29) is 12.3 Å². The first-order chi connectivity index (χ1) is 11.9. The molecule has 0 unspecified atom stereocenters. The summed E-state index contributed by atoms with van der Waals surface area (Å²) in [5.41, 5.74) is 6.01. The highest BCUT2D eigenvalue weighted by atomic mass is 32.2. The summed E-state index contributed by atoms with van der Waals surface area (Å²) in [4.78, 5) is 23.2. The van der Waals surface area contributed by atoms with Gasteiger partial charge in [-0.15, -0.1) is 10.2 Å². The molecule has 9 heteroatoms. The number of nitrogens with zero attached hydrogens (tertiary/aromatic N) is 4. The summed E-state index contributed by atoms with van der Waals surface area (Å²) in [6.07, 6.45) is 0.590. The second kappa shape index (κ2) is 8.30. The number of aromatic nitrogens is 3. The van der Waals surface area contributed by atoms with Crippen molar-refractivity contribution in [2.45, 2.75) is 30.2 Å². The van der Waals surface area contributed by atoms with Gasteiger partial charge in [-0.25, -0.2) is 0 Å². The number of carbonyl (C=O) groups is 2. The van der Waals surface area contributed by atoms with Gasteiger partial charge in [-0.05, 0) is 19.1 Å². The number of anilines is 1. The lowest BCUT2D eigenvalue weighted by molar-refractivity contribution is -0.118. The van der Waals surface area contributed by atoms with Crippen LogP contribution < -0.4 is 11.1 Å². The van der Waals surface area contributed by atoms with E-state index in [2.05, 4.69) is 15.5 Å². The van der Waals surface area contributed by atoms with Crippen molar-refractivity contribution in [2.24, 2.45) is 12.8 Å². The minimum Gasteiger partial charge on any atom is -0.370 e.